The smallest absolute Gasteiger partial charge is 0.231 e. The molecule has 1 atom stereocenters. The van der Waals surface area contributed by atoms with Gasteiger partial charge in [-0.2, -0.15) is 0 Å². The highest BCUT2D eigenvalue weighted by atomic mass is 79.9. The van der Waals surface area contributed by atoms with Crippen LogP contribution < -0.4 is 18.9 Å². The van der Waals surface area contributed by atoms with Crippen LogP contribution >= 0.6 is 15.9 Å². The molecule has 0 saturated heterocycles. The number of ether oxygens (including phenoxy) is 4. The minimum absolute atomic E-state index is 0.236. The van der Waals surface area contributed by atoms with Gasteiger partial charge < -0.3 is 23.8 Å². The monoisotopic (exact) mass is 471 g/mol. The molecule has 3 aliphatic heterocycles. The largest absolute Gasteiger partial charge is 0.493 e. The Morgan fingerprint density at radius 2 is 1.93 bits per heavy atom. The Labute approximate surface area is 185 Å². The van der Waals surface area contributed by atoms with E-state index in [9.17, 15) is 0 Å². The third-order valence-electron chi connectivity index (χ3n) is 6.33. The minimum Gasteiger partial charge on any atom is -0.493 e. The fourth-order valence-corrected chi connectivity index (χ4v) is 5.44. The molecule has 30 heavy (non-hydrogen) atoms. The van der Waals surface area contributed by atoms with Crippen LogP contribution in [0.3, 0.4) is 0 Å². The lowest BCUT2D eigenvalue weighted by Crippen LogP contribution is -2.36. The van der Waals surface area contributed by atoms with E-state index in [0.717, 1.165) is 59.7 Å². The Morgan fingerprint density at radius 3 is 2.67 bits per heavy atom. The summed E-state index contributed by atoms with van der Waals surface area (Å²) in [4.78, 5) is 2.54. The van der Waals surface area contributed by atoms with Crippen LogP contribution in [0.15, 0.2) is 22.7 Å². The Bertz CT molecular complexity index is 1030. The van der Waals surface area contributed by atoms with Gasteiger partial charge in [0.25, 0.3) is 0 Å². The third-order valence-corrected chi connectivity index (χ3v) is 6.98. The topological polar surface area (TPSA) is 40.2 Å². The van der Waals surface area contributed by atoms with Crippen molar-refractivity contribution in [3.63, 3.8) is 0 Å². The number of benzene rings is 2. The molecule has 0 bridgehead atoms. The molecule has 0 saturated carbocycles. The zero-order valence-electron chi connectivity index (χ0n) is 17.6. The number of fused-ring (bicyclic) bond motifs is 5. The van der Waals surface area contributed by atoms with E-state index >= 15 is 0 Å². The fourth-order valence-electron chi connectivity index (χ4n) is 4.90. The SMILES string of the molecule is CCCC[C@H]1c2c(c(Br)cc(OC)c2OC)C=C2c3cc4c(cc3CCN21)OCO4. The van der Waals surface area contributed by atoms with Gasteiger partial charge in [0.1, 0.15) is 0 Å². The maximum Gasteiger partial charge on any atom is 0.231 e. The highest BCUT2D eigenvalue weighted by Gasteiger charge is 2.37. The van der Waals surface area contributed by atoms with Crippen molar-refractivity contribution in [2.75, 3.05) is 27.6 Å². The fraction of sp³-hybridized carbons (Fsp3) is 0.417. The van der Waals surface area contributed by atoms with Crippen LogP contribution in [0.25, 0.3) is 11.8 Å². The Kier molecular flexibility index (Phi) is 5.05. The molecule has 0 spiro atoms. The second-order valence-electron chi connectivity index (χ2n) is 7.91. The predicted octanol–water partition coefficient (Wildman–Crippen LogP) is 5.80. The lowest BCUT2D eigenvalue weighted by Gasteiger charge is -2.44. The third kappa shape index (κ3) is 2.96. The van der Waals surface area contributed by atoms with Crippen LogP contribution in [-0.4, -0.2) is 32.5 Å². The number of hydrogen-bond acceptors (Lipinski definition) is 5. The van der Waals surface area contributed by atoms with Gasteiger partial charge in [-0.05, 0) is 48.2 Å². The van der Waals surface area contributed by atoms with E-state index in [0.29, 0.717) is 6.79 Å². The van der Waals surface area contributed by atoms with E-state index in [1.54, 1.807) is 14.2 Å². The van der Waals surface area contributed by atoms with Crippen molar-refractivity contribution in [3.8, 4) is 23.0 Å². The normalized spacial score (nSPS) is 18.3. The summed E-state index contributed by atoms with van der Waals surface area (Å²) < 4.78 is 23.8. The Balaban J connectivity index is 1.72. The molecule has 2 aromatic rings. The summed E-state index contributed by atoms with van der Waals surface area (Å²) in [7, 11) is 3.43. The van der Waals surface area contributed by atoms with Gasteiger partial charge in [0, 0.05) is 27.8 Å². The van der Waals surface area contributed by atoms with Crippen molar-refractivity contribution >= 4 is 27.7 Å². The predicted molar refractivity (Wildman–Crippen MR) is 120 cm³/mol. The molecule has 0 amide bonds. The van der Waals surface area contributed by atoms with E-state index in [1.807, 2.05) is 6.07 Å². The van der Waals surface area contributed by atoms with E-state index in [2.05, 4.69) is 46.0 Å². The van der Waals surface area contributed by atoms with Crippen LogP contribution in [0.2, 0.25) is 0 Å². The van der Waals surface area contributed by atoms with Crippen LogP contribution in [-0.2, 0) is 6.42 Å². The van der Waals surface area contributed by atoms with Crippen LogP contribution in [0.1, 0.15) is 54.5 Å². The molecule has 0 aromatic heterocycles. The van der Waals surface area contributed by atoms with Gasteiger partial charge in [-0.25, -0.2) is 0 Å². The van der Waals surface area contributed by atoms with Gasteiger partial charge in [-0.15, -0.1) is 0 Å². The molecule has 0 aliphatic carbocycles. The maximum atomic E-state index is 5.87. The second-order valence-corrected chi connectivity index (χ2v) is 8.77. The maximum absolute atomic E-state index is 5.87. The first kappa shape index (κ1) is 19.6. The number of methoxy groups -OCH3 is 2. The lowest BCUT2D eigenvalue weighted by atomic mass is 9.84. The number of halogens is 1. The molecule has 5 nitrogen and oxygen atoms in total. The highest BCUT2D eigenvalue weighted by molar-refractivity contribution is 9.10. The second kappa shape index (κ2) is 7.73. The van der Waals surface area contributed by atoms with Crippen molar-refractivity contribution in [1.29, 1.82) is 0 Å². The molecule has 0 unspecified atom stereocenters. The first-order chi connectivity index (χ1) is 14.7. The first-order valence-electron chi connectivity index (χ1n) is 10.5. The summed E-state index contributed by atoms with van der Waals surface area (Å²) in [5, 5.41) is 0. The van der Waals surface area contributed by atoms with Crippen molar-refractivity contribution in [2.45, 2.75) is 38.6 Å². The zero-order valence-corrected chi connectivity index (χ0v) is 19.2. The lowest BCUT2D eigenvalue weighted by molar-refractivity contribution is 0.174. The van der Waals surface area contributed by atoms with Crippen molar-refractivity contribution < 1.29 is 18.9 Å². The highest BCUT2D eigenvalue weighted by Crippen LogP contribution is 2.52. The molecule has 2 aromatic carbocycles. The van der Waals surface area contributed by atoms with E-state index in [4.69, 9.17) is 18.9 Å². The van der Waals surface area contributed by atoms with Gasteiger partial charge in [0.15, 0.2) is 23.0 Å². The summed E-state index contributed by atoms with van der Waals surface area (Å²) in [6.45, 7) is 3.50. The van der Waals surface area contributed by atoms with Gasteiger partial charge in [0.05, 0.1) is 20.3 Å². The average Bonchev–Trinajstić information content (AvgIpc) is 3.22. The molecule has 5 rings (SSSR count). The quantitative estimate of drug-likeness (QED) is 0.551. The summed E-state index contributed by atoms with van der Waals surface area (Å²) >= 11 is 3.80. The first-order valence-corrected chi connectivity index (χ1v) is 11.3. The van der Waals surface area contributed by atoms with Crippen LogP contribution in [0.4, 0.5) is 0 Å². The van der Waals surface area contributed by atoms with E-state index in [-0.39, 0.29) is 6.04 Å². The number of nitrogens with zero attached hydrogens (tertiary/aromatic N) is 1. The molecule has 158 valence electrons. The summed E-state index contributed by atoms with van der Waals surface area (Å²) in [6.07, 6.45) is 6.64. The summed E-state index contributed by atoms with van der Waals surface area (Å²) in [5.74, 6) is 3.29. The molecule has 3 heterocycles. The molecular weight excluding hydrogens is 446 g/mol. The molecule has 6 heteroatoms. The van der Waals surface area contributed by atoms with E-state index < -0.39 is 0 Å². The number of hydrogen-bond donors (Lipinski definition) is 0. The molecule has 0 fully saturated rings. The van der Waals surface area contributed by atoms with Crippen LogP contribution in [0, 0.1) is 0 Å². The van der Waals surface area contributed by atoms with Crippen molar-refractivity contribution in [2.24, 2.45) is 0 Å². The molecule has 3 aliphatic rings. The Morgan fingerprint density at radius 1 is 1.13 bits per heavy atom. The standard InChI is InChI=1S/C24H26BrNO4/c1-4-5-6-18-23-16(17(25)12-22(27-2)24(23)28-3)10-19-15-11-21-20(29-13-30-21)9-14(15)7-8-26(18)19/h9-12,18H,4-8,13H2,1-3H3/t18-/m0/s1. The average molecular weight is 472 g/mol. The molecule has 0 radical (unpaired) electrons. The summed E-state index contributed by atoms with van der Waals surface area (Å²) in [6, 6.07) is 6.53. The number of rotatable bonds is 5. The van der Waals surface area contributed by atoms with Crippen molar-refractivity contribution in [1.82, 2.24) is 4.90 Å². The van der Waals surface area contributed by atoms with Gasteiger partial charge in [-0.3, -0.25) is 0 Å². The van der Waals surface area contributed by atoms with E-state index in [1.165, 1.54) is 28.0 Å². The Hall–Kier alpha value is -2.34. The minimum atomic E-state index is 0.236. The van der Waals surface area contributed by atoms with Gasteiger partial charge in [-0.1, -0.05) is 35.7 Å². The molecular formula is C24H26BrNO4. The van der Waals surface area contributed by atoms with Crippen LogP contribution in [0.5, 0.6) is 23.0 Å². The van der Waals surface area contributed by atoms with Gasteiger partial charge >= 0.3 is 0 Å². The molecule has 0 N–H and O–H groups in total. The van der Waals surface area contributed by atoms with Crippen molar-refractivity contribution in [3.05, 3.63) is 44.9 Å². The summed E-state index contributed by atoms with van der Waals surface area (Å²) in [5.41, 5.74) is 6.18. The van der Waals surface area contributed by atoms with Gasteiger partial charge in [0.2, 0.25) is 6.79 Å². The number of unbranched alkanes of at least 4 members (excludes halogenated alkanes) is 1. The zero-order chi connectivity index (χ0) is 20.8.